The minimum atomic E-state index is -1.20. The van der Waals surface area contributed by atoms with Gasteiger partial charge >= 0.3 is 0 Å². The number of aliphatic hydroxyl groups excluding tert-OH is 1. The number of likely N-dealkylation sites (tertiary alicyclic amines) is 1. The van der Waals surface area contributed by atoms with Gasteiger partial charge in [-0.3, -0.25) is 14.4 Å². The number of nitrogens with zero attached hydrogens (tertiary/aromatic N) is 3. The molecule has 1 saturated carbocycles. The van der Waals surface area contributed by atoms with Crippen molar-refractivity contribution in [2.24, 2.45) is 11.8 Å². The molecule has 1 unspecified atom stereocenters. The second kappa shape index (κ2) is 12.0. The maximum atomic E-state index is 14.6. The van der Waals surface area contributed by atoms with E-state index in [9.17, 15) is 19.5 Å². The number of amides is 3. The molecule has 8 nitrogen and oxygen atoms in total. The van der Waals surface area contributed by atoms with E-state index in [0.29, 0.717) is 26.2 Å². The summed E-state index contributed by atoms with van der Waals surface area (Å²) in [6, 6.07) is 9.29. The number of carbonyl (C=O) groups is 3. The van der Waals surface area contributed by atoms with Crippen LogP contribution in [-0.4, -0.2) is 87.1 Å². The van der Waals surface area contributed by atoms with E-state index in [4.69, 9.17) is 4.74 Å². The molecule has 1 aliphatic carbocycles. The normalized spacial score (nSPS) is 33.0. The summed E-state index contributed by atoms with van der Waals surface area (Å²) in [5, 5.41) is 9.22. The van der Waals surface area contributed by atoms with Gasteiger partial charge in [-0.1, -0.05) is 86.7 Å². The predicted octanol–water partition coefficient (Wildman–Crippen LogP) is 3.84. The van der Waals surface area contributed by atoms with Crippen molar-refractivity contribution in [1.82, 2.24) is 14.7 Å². The minimum absolute atomic E-state index is 0.0456. The Morgan fingerprint density at radius 2 is 1.60 bits per heavy atom. The fourth-order valence-corrected chi connectivity index (χ4v) is 8.24. The molecule has 1 aromatic rings. The van der Waals surface area contributed by atoms with Crippen LogP contribution in [0.15, 0.2) is 54.6 Å². The van der Waals surface area contributed by atoms with Crippen LogP contribution in [0, 0.1) is 11.8 Å². The Bertz CT molecular complexity index is 1230. The molecule has 226 valence electrons. The van der Waals surface area contributed by atoms with Gasteiger partial charge in [-0.05, 0) is 38.2 Å². The first-order chi connectivity index (χ1) is 20.4. The molecule has 1 aromatic carbocycles. The molecule has 5 atom stereocenters. The molecule has 6 rings (SSSR count). The Kier molecular flexibility index (Phi) is 8.29. The summed E-state index contributed by atoms with van der Waals surface area (Å²) in [5.74, 6) is -1.80. The van der Waals surface area contributed by atoms with Crippen LogP contribution in [0.5, 0.6) is 0 Å². The molecular weight excluding hydrogens is 530 g/mol. The molecule has 4 heterocycles. The van der Waals surface area contributed by atoms with Gasteiger partial charge in [0.05, 0.1) is 17.4 Å². The molecule has 2 saturated heterocycles. The van der Waals surface area contributed by atoms with Gasteiger partial charge in [0.1, 0.15) is 11.6 Å². The fourth-order valence-electron chi connectivity index (χ4n) is 8.24. The molecule has 5 aliphatic rings. The fraction of sp³-hybridized carbons (Fsp3) is 0.618. The van der Waals surface area contributed by atoms with Crippen LogP contribution in [0.1, 0.15) is 70.3 Å². The molecule has 1 N–H and O–H groups in total. The number of benzene rings is 1. The van der Waals surface area contributed by atoms with Crippen LogP contribution in [0.4, 0.5) is 0 Å². The number of ether oxygens (including phenoxy) is 1. The van der Waals surface area contributed by atoms with Crippen LogP contribution in [-0.2, 0) is 25.7 Å². The minimum Gasteiger partial charge on any atom is -0.396 e. The third-order valence-corrected chi connectivity index (χ3v) is 10.2. The van der Waals surface area contributed by atoms with Crippen molar-refractivity contribution in [3.63, 3.8) is 0 Å². The third-order valence-electron chi connectivity index (χ3n) is 10.2. The lowest BCUT2D eigenvalue weighted by molar-refractivity contribution is -0.154. The van der Waals surface area contributed by atoms with E-state index in [1.807, 2.05) is 71.4 Å². The molecule has 4 aliphatic heterocycles. The highest BCUT2D eigenvalue weighted by Crippen LogP contribution is 2.57. The zero-order chi connectivity index (χ0) is 29.3. The number of hydrogen-bond donors (Lipinski definition) is 1. The van der Waals surface area contributed by atoms with Crippen LogP contribution in [0.25, 0.3) is 0 Å². The van der Waals surface area contributed by atoms with E-state index in [1.165, 1.54) is 6.42 Å². The first-order valence-corrected chi connectivity index (χ1v) is 16.0. The van der Waals surface area contributed by atoms with Gasteiger partial charge in [0.15, 0.2) is 0 Å². The lowest BCUT2D eigenvalue weighted by Gasteiger charge is -2.40. The first kappa shape index (κ1) is 29.1. The van der Waals surface area contributed by atoms with E-state index in [2.05, 4.69) is 0 Å². The first-order valence-electron chi connectivity index (χ1n) is 16.0. The van der Waals surface area contributed by atoms with Crippen molar-refractivity contribution in [2.75, 3.05) is 26.2 Å². The molecule has 8 heteroatoms. The van der Waals surface area contributed by atoms with Gasteiger partial charge in [0.2, 0.25) is 17.7 Å². The average molecular weight is 576 g/mol. The predicted molar refractivity (Wildman–Crippen MR) is 159 cm³/mol. The smallest absolute Gasteiger partial charge is 0.249 e. The Morgan fingerprint density at radius 3 is 2.36 bits per heavy atom. The van der Waals surface area contributed by atoms with Crippen LogP contribution in [0.3, 0.4) is 0 Å². The number of aliphatic hydroxyl groups is 1. The van der Waals surface area contributed by atoms with E-state index in [-0.39, 0.29) is 30.4 Å². The van der Waals surface area contributed by atoms with E-state index < -0.39 is 29.1 Å². The molecular formula is C34H45N3O5. The van der Waals surface area contributed by atoms with E-state index >= 15 is 0 Å². The average Bonchev–Trinajstić information content (AvgIpc) is 3.26. The summed E-state index contributed by atoms with van der Waals surface area (Å²) >= 11 is 0. The van der Waals surface area contributed by atoms with Gasteiger partial charge in [-0.2, -0.15) is 0 Å². The lowest BCUT2D eigenvalue weighted by Crippen LogP contribution is -2.57. The highest BCUT2D eigenvalue weighted by atomic mass is 16.5. The van der Waals surface area contributed by atoms with Crippen LogP contribution in [0.2, 0.25) is 0 Å². The van der Waals surface area contributed by atoms with E-state index in [1.54, 1.807) is 4.90 Å². The van der Waals surface area contributed by atoms with Gasteiger partial charge in [-0.25, -0.2) is 0 Å². The molecule has 0 radical (unpaired) electrons. The molecule has 0 bridgehead atoms. The quantitative estimate of drug-likeness (QED) is 0.357. The van der Waals surface area contributed by atoms with E-state index in [0.717, 1.165) is 56.9 Å². The van der Waals surface area contributed by atoms with Crippen molar-refractivity contribution in [3.05, 3.63) is 60.2 Å². The molecule has 3 amide bonds. The second-order valence-corrected chi connectivity index (χ2v) is 13.0. The number of carbonyl (C=O) groups excluding carboxylic acids is 3. The Morgan fingerprint density at radius 1 is 0.857 bits per heavy atom. The molecule has 1 spiro atoms. The zero-order valence-corrected chi connectivity index (χ0v) is 24.8. The number of rotatable bonds is 9. The highest BCUT2D eigenvalue weighted by Gasteiger charge is 2.74. The number of fused-ring (bicyclic) bond motifs is 2. The zero-order valence-electron chi connectivity index (χ0n) is 24.8. The van der Waals surface area contributed by atoms with Crippen molar-refractivity contribution in [1.29, 1.82) is 0 Å². The van der Waals surface area contributed by atoms with Crippen LogP contribution < -0.4 is 0 Å². The highest BCUT2D eigenvalue weighted by molar-refractivity contribution is 6.00. The summed E-state index contributed by atoms with van der Waals surface area (Å²) in [7, 11) is 0. The van der Waals surface area contributed by atoms with Gasteiger partial charge in [0.25, 0.3) is 0 Å². The summed E-state index contributed by atoms with van der Waals surface area (Å²) in [6.45, 7) is 3.90. The Hall–Kier alpha value is -2.97. The standard InChI is InChI=1S/C34H45N3O5/c1-33-18-12-20-35(24-25-14-6-4-7-15-25)30(39)27(33)28-31(40)37(21-10-2-3-11-23-38)29-32(41)36(26-16-8-5-9-17-26)22-13-19-34(28,29)42-33/h4,6-7,12-15,18-19,26-29,38H,2-3,5,8-11,16-17,20-24H2,1H3/t27-,28+,29?,33+,34+/m1/s1. The summed E-state index contributed by atoms with van der Waals surface area (Å²) < 4.78 is 6.98. The monoisotopic (exact) mass is 575 g/mol. The van der Waals surface area contributed by atoms with Crippen molar-refractivity contribution in [3.8, 4) is 0 Å². The summed E-state index contributed by atoms with van der Waals surface area (Å²) in [4.78, 5) is 49.1. The SMILES string of the molecule is C[C@]12C=CCN(Cc3ccccc3)C(=O)[C@H]1[C@H]1C(=O)N(CCCCCCO)C3C(=O)N(C4CCCCC4)CC=C[C@@]31O2. The summed E-state index contributed by atoms with van der Waals surface area (Å²) in [5.41, 5.74) is -1.17. The maximum Gasteiger partial charge on any atom is 0.249 e. The lowest BCUT2D eigenvalue weighted by atomic mass is 9.74. The summed E-state index contributed by atoms with van der Waals surface area (Å²) in [6.07, 6.45) is 16.5. The second-order valence-electron chi connectivity index (χ2n) is 13.0. The van der Waals surface area contributed by atoms with Gasteiger partial charge in [0, 0.05) is 38.8 Å². The van der Waals surface area contributed by atoms with Gasteiger partial charge < -0.3 is 24.5 Å². The van der Waals surface area contributed by atoms with Crippen LogP contribution >= 0.6 is 0 Å². The van der Waals surface area contributed by atoms with Crippen molar-refractivity contribution in [2.45, 2.75) is 94.5 Å². The molecule has 42 heavy (non-hydrogen) atoms. The van der Waals surface area contributed by atoms with Crippen molar-refractivity contribution < 1.29 is 24.2 Å². The van der Waals surface area contributed by atoms with Gasteiger partial charge in [-0.15, -0.1) is 0 Å². The molecule has 0 aromatic heterocycles. The largest absolute Gasteiger partial charge is 0.396 e. The Balaban J connectivity index is 1.36. The number of unbranched alkanes of at least 4 members (excludes halogenated alkanes) is 3. The maximum absolute atomic E-state index is 14.6. The van der Waals surface area contributed by atoms with Crippen molar-refractivity contribution >= 4 is 17.7 Å². The third kappa shape index (κ3) is 5.00. The number of hydrogen-bond acceptors (Lipinski definition) is 5. The molecule has 3 fully saturated rings. The topological polar surface area (TPSA) is 90.4 Å². The Labute approximate surface area is 249 Å².